The van der Waals surface area contributed by atoms with Crippen molar-refractivity contribution in [2.75, 3.05) is 20.7 Å². The van der Waals surface area contributed by atoms with E-state index in [1.54, 1.807) is 0 Å². The predicted octanol–water partition coefficient (Wildman–Crippen LogP) is 0.00460. The van der Waals surface area contributed by atoms with Gasteiger partial charge in [0.25, 0.3) is 0 Å². The van der Waals surface area contributed by atoms with Crippen LogP contribution >= 0.6 is 0 Å². The number of nitrogens with zero attached hydrogens (tertiary/aromatic N) is 1. The fourth-order valence-corrected chi connectivity index (χ4v) is 2.09. The Balaban J connectivity index is 2.86. The minimum Gasteiger partial charge on any atom is -0.468 e. The highest BCUT2D eigenvalue weighted by molar-refractivity contribution is 5.81. The molecule has 1 saturated heterocycles. The number of aliphatic hydroxyl groups excluding tert-OH is 1. The van der Waals surface area contributed by atoms with Crippen molar-refractivity contribution in [2.45, 2.75) is 31.4 Å². The first-order valence-corrected chi connectivity index (χ1v) is 4.54. The molecule has 0 bridgehead atoms. The molecule has 0 aromatic carbocycles. The second-order valence-electron chi connectivity index (χ2n) is 3.62. The zero-order chi connectivity index (χ0) is 10.1. The van der Waals surface area contributed by atoms with Gasteiger partial charge in [-0.3, -0.25) is 9.69 Å². The molecule has 1 unspecified atom stereocenters. The summed E-state index contributed by atoms with van der Waals surface area (Å²) in [6, 6.07) is 0. The lowest BCUT2D eigenvalue weighted by Crippen LogP contribution is -2.48. The summed E-state index contributed by atoms with van der Waals surface area (Å²) >= 11 is 0. The second-order valence-corrected chi connectivity index (χ2v) is 3.62. The van der Waals surface area contributed by atoms with Crippen molar-refractivity contribution in [1.29, 1.82) is 0 Å². The third kappa shape index (κ3) is 1.56. The molecule has 0 aromatic heterocycles. The number of hydrogen-bond acceptors (Lipinski definition) is 4. The molecule has 1 rings (SSSR count). The molecule has 1 N–H and O–H groups in total. The summed E-state index contributed by atoms with van der Waals surface area (Å²) in [4.78, 5) is 13.4. The van der Waals surface area contributed by atoms with E-state index in [0.29, 0.717) is 19.4 Å². The summed E-state index contributed by atoms with van der Waals surface area (Å²) in [5.41, 5.74) is -0.603. The number of ether oxygens (including phenoxy) is 1. The van der Waals surface area contributed by atoms with Crippen molar-refractivity contribution in [2.24, 2.45) is 0 Å². The number of methoxy groups -OCH3 is 1. The standard InChI is InChI=1S/C9H17NO3/c1-4-9(8(12)13-3)5-7(11)6-10(9)2/h7,11H,4-6H2,1-3H3/t7-,9?/m1/s1. The van der Waals surface area contributed by atoms with Crippen molar-refractivity contribution in [3.8, 4) is 0 Å². The van der Waals surface area contributed by atoms with Gasteiger partial charge in [0.05, 0.1) is 13.2 Å². The summed E-state index contributed by atoms with van der Waals surface area (Å²) < 4.78 is 4.76. The molecule has 0 amide bonds. The molecule has 13 heavy (non-hydrogen) atoms. The van der Waals surface area contributed by atoms with Gasteiger partial charge in [0.1, 0.15) is 5.54 Å². The number of rotatable bonds is 2. The van der Waals surface area contributed by atoms with Crippen molar-refractivity contribution >= 4 is 5.97 Å². The highest BCUT2D eigenvalue weighted by Crippen LogP contribution is 2.32. The third-order valence-corrected chi connectivity index (χ3v) is 2.94. The maximum Gasteiger partial charge on any atom is 0.326 e. The Bertz CT molecular complexity index is 207. The average molecular weight is 187 g/mol. The first kappa shape index (κ1) is 10.5. The molecule has 2 atom stereocenters. The second kappa shape index (κ2) is 3.64. The van der Waals surface area contributed by atoms with E-state index in [1.165, 1.54) is 7.11 Å². The molecule has 4 nitrogen and oxygen atoms in total. The van der Waals surface area contributed by atoms with Crippen LogP contribution in [0, 0.1) is 0 Å². The highest BCUT2D eigenvalue weighted by Gasteiger charge is 2.48. The van der Waals surface area contributed by atoms with Crippen LogP contribution < -0.4 is 0 Å². The molecule has 0 radical (unpaired) electrons. The zero-order valence-corrected chi connectivity index (χ0v) is 8.41. The van der Waals surface area contributed by atoms with Gasteiger partial charge in [0.2, 0.25) is 0 Å². The molecule has 76 valence electrons. The van der Waals surface area contributed by atoms with Crippen LogP contribution in [0.25, 0.3) is 0 Å². The van der Waals surface area contributed by atoms with Crippen molar-refractivity contribution in [3.05, 3.63) is 0 Å². The predicted molar refractivity (Wildman–Crippen MR) is 48.3 cm³/mol. The number of likely N-dealkylation sites (tertiary alicyclic amines) is 1. The van der Waals surface area contributed by atoms with E-state index in [0.717, 1.165) is 0 Å². The first-order valence-electron chi connectivity index (χ1n) is 4.54. The SMILES string of the molecule is CCC1(C(=O)OC)C[C@@H](O)CN1C. The van der Waals surface area contributed by atoms with Gasteiger partial charge < -0.3 is 9.84 Å². The van der Waals surface area contributed by atoms with E-state index in [-0.39, 0.29) is 5.97 Å². The lowest BCUT2D eigenvalue weighted by Gasteiger charge is -2.31. The van der Waals surface area contributed by atoms with Crippen LogP contribution in [-0.2, 0) is 9.53 Å². The maximum absolute atomic E-state index is 11.5. The molecule has 0 saturated carbocycles. The Labute approximate surface area is 78.5 Å². The minimum atomic E-state index is -0.603. The quantitative estimate of drug-likeness (QED) is 0.618. The van der Waals surface area contributed by atoms with Crippen LogP contribution in [-0.4, -0.2) is 48.3 Å². The monoisotopic (exact) mass is 187 g/mol. The van der Waals surface area contributed by atoms with Crippen LogP contribution in [0.1, 0.15) is 19.8 Å². The topological polar surface area (TPSA) is 49.8 Å². The number of likely N-dealkylation sites (N-methyl/N-ethyl adjacent to an activating group) is 1. The molecule has 1 aliphatic rings. The molecule has 1 heterocycles. The molecule has 0 aliphatic carbocycles. The van der Waals surface area contributed by atoms with E-state index in [9.17, 15) is 9.90 Å². The molecule has 1 aliphatic heterocycles. The largest absolute Gasteiger partial charge is 0.468 e. The smallest absolute Gasteiger partial charge is 0.326 e. The minimum absolute atomic E-state index is 0.242. The third-order valence-electron chi connectivity index (χ3n) is 2.94. The normalized spacial score (nSPS) is 34.9. The van der Waals surface area contributed by atoms with E-state index < -0.39 is 11.6 Å². The Morgan fingerprint density at radius 3 is 2.69 bits per heavy atom. The summed E-state index contributed by atoms with van der Waals surface area (Å²) in [7, 11) is 3.23. The molecular formula is C9H17NO3. The van der Waals surface area contributed by atoms with Gasteiger partial charge in [0, 0.05) is 13.0 Å². The molecular weight excluding hydrogens is 170 g/mol. The number of carbonyl (C=O) groups is 1. The van der Waals surface area contributed by atoms with E-state index in [4.69, 9.17) is 4.74 Å². The molecule has 0 spiro atoms. The van der Waals surface area contributed by atoms with Gasteiger partial charge >= 0.3 is 5.97 Å². The zero-order valence-electron chi connectivity index (χ0n) is 8.41. The first-order chi connectivity index (χ1) is 6.06. The fourth-order valence-electron chi connectivity index (χ4n) is 2.09. The van der Waals surface area contributed by atoms with Crippen molar-refractivity contribution in [1.82, 2.24) is 4.90 Å². The molecule has 0 aromatic rings. The fraction of sp³-hybridized carbons (Fsp3) is 0.889. The number of hydrogen-bond donors (Lipinski definition) is 1. The average Bonchev–Trinajstić information content (AvgIpc) is 2.40. The Kier molecular flexibility index (Phi) is 2.93. The highest BCUT2D eigenvalue weighted by atomic mass is 16.5. The van der Waals surface area contributed by atoms with Crippen molar-refractivity contribution < 1.29 is 14.6 Å². The Hall–Kier alpha value is -0.610. The maximum atomic E-state index is 11.5. The van der Waals surface area contributed by atoms with Crippen LogP contribution in [0.3, 0.4) is 0 Å². The number of carbonyl (C=O) groups excluding carboxylic acids is 1. The number of esters is 1. The van der Waals surface area contributed by atoms with Gasteiger partial charge in [0.15, 0.2) is 0 Å². The van der Waals surface area contributed by atoms with E-state index >= 15 is 0 Å². The summed E-state index contributed by atoms with van der Waals surface area (Å²) in [6.45, 7) is 2.48. The van der Waals surface area contributed by atoms with Crippen molar-refractivity contribution in [3.63, 3.8) is 0 Å². The van der Waals surface area contributed by atoms with Crippen LogP contribution in [0.15, 0.2) is 0 Å². The summed E-state index contributed by atoms with van der Waals surface area (Å²) in [5, 5.41) is 9.46. The summed E-state index contributed by atoms with van der Waals surface area (Å²) in [5.74, 6) is -0.242. The van der Waals surface area contributed by atoms with Gasteiger partial charge in [-0.05, 0) is 13.5 Å². The Morgan fingerprint density at radius 1 is 1.77 bits per heavy atom. The lowest BCUT2D eigenvalue weighted by molar-refractivity contribution is -0.153. The number of β-amino-alcohol motifs (C(OH)–C–C–N with tert-alkyl or cyclic N) is 1. The van der Waals surface area contributed by atoms with E-state index in [2.05, 4.69) is 0 Å². The van der Waals surface area contributed by atoms with Crippen LogP contribution in [0.5, 0.6) is 0 Å². The van der Waals surface area contributed by atoms with Crippen LogP contribution in [0.4, 0.5) is 0 Å². The molecule has 1 fully saturated rings. The van der Waals surface area contributed by atoms with Gasteiger partial charge in [-0.25, -0.2) is 0 Å². The summed E-state index contributed by atoms with van der Waals surface area (Å²) in [6.07, 6.45) is 0.740. The van der Waals surface area contributed by atoms with Gasteiger partial charge in [-0.1, -0.05) is 6.92 Å². The van der Waals surface area contributed by atoms with Gasteiger partial charge in [-0.2, -0.15) is 0 Å². The van der Waals surface area contributed by atoms with E-state index in [1.807, 2.05) is 18.9 Å². The number of aliphatic hydroxyl groups is 1. The molecule has 4 heteroatoms. The van der Waals surface area contributed by atoms with Crippen LogP contribution in [0.2, 0.25) is 0 Å². The lowest BCUT2D eigenvalue weighted by atomic mass is 9.92. The Morgan fingerprint density at radius 2 is 2.38 bits per heavy atom. The van der Waals surface area contributed by atoms with Gasteiger partial charge in [-0.15, -0.1) is 0 Å².